The molecule has 4 nitrogen and oxygen atoms in total. The summed E-state index contributed by atoms with van der Waals surface area (Å²) < 4.78 is 24.7. The molecule has 0 N–H and O–H groups in total. The van der Waals surface area contributed by atoms with Crippen molar-refractivity contribution in [1.82, 2.24) is 0 Å². The molecular weight excluding hydrogens is 472 g/mol. The number of fused-ring (bicyclic) bond motifs is 2. The molecule has 2 aromatic rings. The predicted molar refractivity (Wildman–Crippen MR) is 157 cm³/mol. The Labute approximate surface area is 231 Å². The summed E-state index contributed by atoms with van der Waals surface area (Å²) in [6.45, 7) is 8.97. The van der Waals surface area contributed by atoms with Gasteiger partial charge < -0.3 is 18.9 Å². The summed E-state index contributed by atoms with van der Waals surface area (Å²) in [7, 11) is 0. The van der Waals surface area contributed by atoms with E-state index >= 15 is 0 Å². The van der Waals surface area contributed by atoms with Crippen LogP contribution in [0.4, 0.5) is 0 Å². The van der Waals surface area contributed by atoms with E-state index in [1.165, 1.54) is 62.5 Å². The first kappa shape index (κ1) is 30.2. The van der Waals surface area contributed by atoms with Gasteiger partial charge in [-0.2, -0.15) is 0 Å². The second kappa shape index (κ2) is 18.1. The van der Waals surface area contributed by atoms with E-state index in [0.717, 1.165) is 43.6 Å². The molecule has 0 aromatic heterocycles. The first-order chi connectivity index (χ1) is 18.8. The van der Waals surface area contributed by atoms with Crippen LogP contribution < -0.4 is 9.47 Å². The lowest BCUT2D eigenvalue weighted by Crippen LogP contribution is -2.34. The molecule has 0 fully saturated rings. The number of hydrogen-bond donors (Lipinski definition) is 0. The van der Waals surface area contributed by atoms with E-state index in [2.05, 4.69) is 49.9 Å². The average molecular weight is 523 g/mol. The lowest BCUT2D eigenvalue weighted by Gasteiger charge is -2.35. The van der Waals surface area contributed by atoms with Gasteiger partial charge in [-0.3, -0.25) is 0 Å². The van der Waals surface area contributed by atoms with Crippen molar-refractivity contribution in [3.8, 4) is 11.5 Å². The van der Waals surface area contributed by atoms with Gasteiger partial charge in [-0.25, -0.2) is 0 Å². The molecule has 0 amide bonds. The van der Waals surface area contributed by atoms with Crippen molar-refractivity contribution >= 4 is 0 Å². The van der Waals surface area contributed by atoms with Gasteiger partial charge in [0.2, 0.25) is 0 Å². The van der Waals surface area contributed by atoms with Crippen LogP contribution in [-0.4, -0.2) is 38.6 Å². The van der Waals surface area contributed by atoms with Crippen LogP contribution in [-0.2, 0) is 22.3 Å². The molecule has 0 saturated carbocycles. The van der Waals surface area contributed by atoms with Crippen molar-refractivity contribution in [2.45, 2.75) is 96.0 Å². The van der Waals surface area contributed by atoms with Gasteiger partial charge in [0.25, 0.3) is 0 Å². The Morgan fingerprint density at radius 3 is 1.82 bits per heavy atom. The van der Waals surface area contributed by atoms with Crippen LogP contribution in [0.2, 0.25) is 0 Å². The van der Waals surface area contributed by atoms with E-state index in [9.17, 15) is 0 Å². The number of para-hydroxylation sites is 2. The van der Waals surface area contributed by atoms with Gasteiger partial charge >= 0.3 is 0 Å². The van der Waals surface area contributed by atoms with Crippen molar-refractivity contribution in [3.05, 3.63) is 72.3 Å². The van der Waals surface area contributed by atoms with Crippen molar-refractivity contribution < 1.29 is 18.9 Å². The maximum atomic E-state index is 6.69. The minimum Gasteiger partial charge on any atom is -0.491 e. The number of rotatable bonds is 12. The Bertz CT molecular complexity index is 853. The van der Waals surface area contributed by atoms with Crippen LogP contribution in [0.25, 0.3) is 0 Å². The lowest BCUT2D eigenvalue weighted by molar-refractivity contribution is -0.0517. The lowest BCUT2D eigenvalue weighted by atomic mass is 9.83. The number of ether oxygens (including phenoxy) is 4. The summed E-state index contributed by atoms with van der Waals surface area (Å²) in [6, 6.07) is 16.8. The van der Waals surface area contributed by atoms with E-state index < -0.39 is 0 Å². The third-order valence-electron chi connectivity index (χ3n) is 7.61. The first-order valence-corrected chi connectivity index (χ1v) is 15.0. The number of aryl methyl sites for hydroxylation is 2. The fraction of sp³-hybridized carbons (Fsp3) is 0.588. The molecule has 38 heavy (non-hydrogen) atoms. The number of benzene rings is 2. The standard InChI is InChI=1S/C34H50O4/c1-3-5-6-7-8-9-10-15-22-34(38-25-4-2)23-20-30-16-11-13-18-32(30)36-28-26-35-27-29-37-33-19-14-12-17-31(33)21-24-34/h4,11-14,16-19H,2-3,5-10,15,20-29H2,1H3. The fourth-order valence-corrected chi connectivity index (χ4v) is 5.36. The largest absolute Gasteiger partial charge is 0.491 e. The highest BCUT2D eigenvalue weighted by Gasteiger charge is 2.31. The molecule has 0 spiro atoms. The first-order valence-electron chi connectivity index (χ1n) is 15.0. The zero-order valence-electron chi connectivity index (χ0n) is 23.8. The summed E-state index contributed by atoms with van der Waals surface area (Å²) in [5.41, 5.74) is 2.27. The van der Waals surface area contributed by atoms with Crippen LogP contribution in [0, 0.1) is 0 Å². The Balaban J connectivity index is 1.76. The SMILES string of the molecule is C=CCOC1(CCCCCCCCCC)CCc2ccccc2OCCOCCOc2ccccc2CC1. The smallest absolute Gasteiger partial charge is 0.122 e. The highest BCUT2D eigenvalue weighted by atomic mass is 16.5. The summed E-state index contributed by atoms with van der Waals surface area (Å²) >= 11 is 0. The van der Waals surface area contributed by atoms with E-state index in [0.29, 0.717) is 33.0 Å². The van der Waals surface area contributed by atoms with Gasteiger partial charge in [0.1, 0.15) is 24.7 Å². The van der Waals surface area contributed by atoms with Gasteiger partial charge in [-0.05, 0) is 55.4 Å². The normalized spacial score (nSPS) is 16.4. The number of hydrogen-bond acceptors (Lipinski definition) is 4. The molecule has 2 aromatic carbocycles. The molecule has 4 heteroatoms. The summed E-state index contributed by atoms with van der Waals surface area (Å²) in [4.78, 5) is 0. The highest BCUT2D eigenvalue weighted by Crippen LogP contribution is 2.34. The van der Waals surface area contributed by atoms with Crippen LogP contribution >= 0.6 is 0 Å². The Morgan fingerprint density at radius 1 is 0.737 bits per heavy atom. The topological polar surface area (TPSA) is 36.9 Å². The molecule has 0 atom stereocenters. The molecule has 0 unspecified atom stereocenters. The Morgan fingerprint density at radius 2 is 1.26 bits per heavy atom. The van der Waals surface area contributed by atoms with E-state index in [-0.39, 0.29) is 5.60 Å². The molecular formula is C34H50O4. The quantitative estimate of drug-likeness (QED) is 0.207. The third kappa shape index (κ3) is 10.8. The molecule has 0 aliphatic carbocycles. The third-order valence-corrected chi connectivity index (χ3v) is 7.61. The molecule has 210 valence electrons. The molecule has 1 heterocycles. The maximum absolute atomic E-state index is 6.69. The summed E-state index contributed by atoms with van der Waals surface area (Å²) in [5.74, 6) is 1.91. The number of unbranched alkanes of at least 4 members (excludes halogenated alkanes) is 7. The average Bonchev–Trinajstić information content (AvgIpc) is 2.95. The zero-order chi connectivity index (χ0) is 26.7. The van der Waals surface area contributed by atoms with Gasteiger partial charge in [0.15, 0.2) is 0 Å². The van der Waals surface area contributed by atoms with Crippen molar-refractivity contribution in [1.29, 1.82) is 0 Å². The van der Waals surface area contributed by atoms with Crippen molar-refractivity contribution in [3.63, 3.8) is 0 Å². The molecule has 0 saturated heterocycles. The molecule has 0 radical (unpaired) electrons. The van der Waals surface area contributed by atoms with E-state index in [4.69, 9.17) is 18.9 Å². The van der Waals surface area contributed by atoms with Crippen molar-refractivity contribution in [2.24, 2.45) is 0 Å². The summed E-state index contributed by atoms with van der Waals surface area (Å²) in [6.07, 6.45) is 17.2. The van der Waals surface area contributed by atoms with Crippen LogP contribution in [0.1, 0.15) is 88.7 Å². The van der Waals surface area contributed by atoms with E-state index in [1.54, 1.807) is 0 Å². The molecule has 3 rings (SSSR count). The second-order valence-electron chi connectivity index (χ2n) is 10.5. The second-order valence-corrected chi connectivity index (χ2v) is 10.5. The summed E-state index contributed by atoms with van der Waals surface area (Å²) in [5, 5.41) is 0. The van der Waals surface area contributed by atoms with Gasteiger partial charge in [-0.1, -0.05) is 101 Å². The van der Waals surface area contributed by atoms with Crippen LogP contribution in [0.15, 0.2) is 61.2 Å². The van der Waals surface area contributed by atoms with Gasteiger partial charge in [0, 0.05) is 0 Å². The Hall–Kier alpha value is -2.30. The van der Waals surface area contributed by atoms with Gasteiger partial charge in [-0.15, -0.1) is 6.58 Å². The van der Waals surface area contributed by atoms with Crippen LogP contribution in [0.3, 0.4) is 0 Å². The van der Waals surface area contributed by atoms with Crippen molar-refractivity contribution in [2.75, 3.05) is 33.0 Å². The van der Waals surface area contributed by atoms with Gasteiger partial charge in [0.05, 0.1) is 25.4 Å². The minimum absolute atomic E-state index is 0.212. The highest BCUT2D eigenvalue weighted by molar-refractivity contribution is 5.35. The monoisotopic (exact) mass is 522 g/mol. The van der Waals surface area contributed by atoms with E-state index in [1.807, 2.05) is 18.2 Å². The Kier molecular flexibility index (Phi) is 14.4. The molecule has 0 bridgehead atoms. The van der Waals surface area contributed by atoms with Crippen LogP contribution in [0.5, 0.6) is 11.5 Å². The molecule has 1 aliphatic rings. The predicted octanol–water partition coefficient (Wildman–Crippen LogP) is 8.51. The zero-order valence-corrected chi connectivity index (χ0v) is 23.8. The fourth-order valence-electron chi connectivity index (χ4n) is 5.36. The molecule has 1 aliphatic heterocycles. The minimum atomic E-state index is -0.212. The maximum Gasteiger partial charge on any atom is 0.122 e.